The van der Waals surface area contributed by atoms with Gasteiger partial charge in [0.15, 0.2) is 0 Å². The maximum atomic E-state index is 12.0. The smallest absolute Gasteiger partial charge is 0.315 e. The third-order valence-corrected chi connectivity index (χ3v) is 3.23. The zero-order valence-electron chi connectivity index (χ0n) is 13.2. The van der Waals surface area contributed by atoms with Gasteiger partial charge < -0.3 is 16.0 Å². The number of nitrogens with zero attached hydrogens (tertiary/aromatic N) is 1. The van der Waals surface area contributed by atoms with Crippen LogP contribution < -0.4 is 16.0 Å². The lowest BCUT2D eigenvalue weighted by Gasteiger charge is -2.16. The number of nitrogens with one attached hydrogen (secondary N) is 3. The molecule has 0 radical (unpaired) electrons. The molecule has 3 amide bonds. The molecule has 6 heteroatoms. The molecule has 2 aromatic rings. The van der Waals surface area contributed by atoms with Crippen molar-refractivity contribution in [2.45, 2.75) is 26.4 Å². The fourth-order valence-electron chi connectivity index (χ4n) is 2.11. The summed E-state index contributed by atoms with van der Waals surface area (Å²) in [6, 6.07) is 10.7. The molecule has 0 aliphatic carbocycles. The van der Waals surface area contributed by atoms with Crippen LogP contribution in [-0.4, -0.2) is 16.9 Å². The predicted octanol–water partition coefficient (Wildman–Crippen LogP) is 2.60. The molecule has 0 saturated carbocycles. The highest BCUT2D eigenvalue weighted by molar-refractivity contribution is 5.88. The minimum atomic E-state index is -0.258. The third-order valence-electron chi connectivity index (χ3n) is 3.23. The van der Waals surface area contributed by atoms with Gasteiger partial charge >= 0.3 is 6.03 Å². The molecule has 3 N–H and O–H groups in total. The number of rotatable bonds is 5. The minimum Gasteiger partial charge on any atom is -0.334 e. The minimum absolute atomic E-state index is 0.128. The summed E-state index contributed by atoms with van der Waals surface area (Å²) in [7, 11) is 0. The van der Waals surface area contributed by atoms with Gasteiger partial charge in [0.1, 0.15) is 0 Å². The van der Waals surface area contributed by atoms with Crippen molar-refractivity contribution in [3.63, 3.8) is 0 Å². The van der Waals surface area contributed by atoms with Crippen LogP contribution in [0.3, 0.4) is 0 Å². The number of hydrogen-bond acceptors (Lipinski definition) is 3. The normalized spacial score (nSPS) is 11.4. The topological polar surface area (TPSA) is 83.1 Å². The maximum Gasteiger partial charge on any atom is 0.315 e. The first-order valence-corrected chi connectivity index (χ1v) is 7.35. The Labute approximate surface area is 135 Å². The number of hydrogen-bond donors (Lipinski definition) is 3. The zero-order valence-corrected chi connectivity index (χ0v) is 13.2. The van der Waals surface area contributed by atoms with Crippen molar-refractivity contribution in [2.24, 2.45) is 0 Å². The molecule has 0 aliphatic heterocycles. The number of amides is 3. The van der Waals surface area contributed by atoms with Crippen molar-refractivity contribution in [1.29, 1.82) is 0 Å². The van der Waals surface area contributed by atoms with E-state index in [0.29, 0.717) is 12.2 Å². The number of carbonyl (C=O) groups is 2. The number of carbonyl (C=O) groups excluding carboxylic acids is 2. The second-order valence-corrected chi connectivity index (χ2v) is 5.22. The van der Waals surface area contributed by atoms with Gasteiger partial charge in [-0.1, -0.05) is 18.2 Å². The van der Waals surface area contributed by atoms with E-state index in [1.165, 1.54) is 6.92 Å². The second kappa shape index (κ2) is 7.93. The Kier molecular flexibility index (Phi) is 5.68. The monoisotopic (exact) mass is 312 g/mol. The predicted molar refractivity (Wildman–Crippen MR) is 88.8 cm³/mol. The van der Waals surface area contributed by atoms with Crippen molar-refractivity contribution in [1.82, 2.24) is 15.6 Å². The molecule has 6 nitrogen and oxygen atoms in total. The van der Waals surface area contributed by atoms with E-state index in [0.717, 1.165) is 11.1 Å². The van der Waals surface area contributed by atoms with Crippen LogP contribution in [0, 0.1) is 0 Å². The number of anilines is 1. The van der Waals surface area contributed by atoms with Gasteiger partial charge in [0.2, 0.25) is 5.91 Å². The Bertz CT molecular complexity index is 673. The van der Waals surface area contributed by atoms with Crippen LogP contribution in [0.4, 0.5) is 10.5 Å². The van der Waals surface area contributed by atoms with Gasteiger partial charge in [-0.15, -0.1) is 0 Å². The molecule has 1 heterocycles. The number of aromatic nitrogens is 1. The Hall–Kier alpha value is -2.89. The molecule has 0 bridgehead atoms. The summed E-state index contributed by atoms with van der Waals surface area (Å²) in [5, 5.41) is 8.38. The molecule has 1 unspecified atom stereocenters. The second-order valence-electron chi connectivity index (χ2n) is 5.22. The highest BCUT2D eigenvalue weighted by atomic mass is 16.2. The van der Waals surface area contributed by atoms with Crippen molar-refractivity contribution >= 4 is 17.6 Å². The van der Waals surface area contributed by atoms with Crippen molar-refractivity contribution < 1.29 is 9.59 Å². The van der Waals surface area contributed by atoms with E-state index >= 15 is 0 Å². The molecule has 120 valence electrons. The summed E-state index contributed by atoms with van der Waals surface area (Å²) in [5.74, 6) is -0.128. The van der Waals surface area contributed by atoms with E-state index in [1.54, 1.807) is 18.5 Å². The van der Waals surface area contributed by atoms with Crippen LogP contribution >= 0.6 is 0 Å². The van der Waals surface area contributed by atoms with E-state index in [-0.39, 0.29) is 18.0 Å². The van der Waals surface area contributed by atoms with Gasteiger partial charge in [0.05, 0.1) is 6.04 Å². The zero-order chi connectivity index (χ0) is 16.7. The van der Waals surface area contributed by atoms with Gasteiger partial charge in [0.25, 0.3) is 0 Å². The lowest BCUT2D eigenvalue weighted by Crippen LogP contribution is -2.36. The molecule has 0 fully saturated rings. The molecular weight excluding hydrogens is 292 g/mol. The van der Waals surface area contributed by atoms with Crippen molar-refractivity contribution in [3.05, 3.63) is 59.9 Å². The molecule has 1 aromatic carbocycles. The summed E-state index contributed by atoms with van der Waals surface area (Å²) >= 11 is 0. The van der Waals surface area contributed by atoms with E-state index in [4.69, 9.17) is 0 Å². The third kappa shape index (κ3) is 5.43. The highest BCUT2D eigenvalue weighted by Crippen LogP contribution is 2.17. The summed E-state index contributed by atoms with van der Waals surface area (Å²) < 4.78 is 0. The quantitative estimate of drug-likeness (QED) is 0.793. The first-order chi connectivity index (χ1) is 11.0. The average molecular weight is 312 g/mol. The van der Waals surface area contributed by atoms with Gasteiger partial charge in [-0.05, 0) is 36.2 Å². The highest BCUT2D eigenvalue weighted by Gasteiger charge is 2.10. The molecule has 0 spiro atoms. The van der Waals surface area contributed by atoms with Crippen molar-refractivity contribution in [2.75, 3.05) is 5.32 Å². The van der Waals surface area contributed by atoms with Crippen LogP contribution in [0.25, 0.3) is 0 Å². The largest absolute Gasteiger partial charge is 0.334 e. The fraction of sp³-hybridized carbons (Fsp3) is 0.235. The summed E-state index contributed by atoms with van der Waals surface area (Å²) in [5.41, 5.74) is 2.55. The standard InChI is InChI=1S/C17H20N4O2/c1-12(15-6-3-7-16(9-15)21-13(2)22)20-17(23)19-11-14-5-4-8-18-10-14/h3-10,12H,11H2,1-2H3,(H,21,22)(H2,19,20,23). The molecule has 1 aromatic heterocycles. The van der Waals surface area contributed by atoms with Crippen LogP contribution in [0.15, 0.2) is 48.8 Å². The van der Waals surface area contributed by atoms with Crippen LogP contribution in [0.2, 0.25) is 0 Å². The number of urea groups is 1. The molecule has 0 aliphatic rings. The lowest BCUT2D eigenvalue weighted by atomic mass is 10.1. The Morgan fingerprint density at radius 2 is 2.04 bits per heavy atom. The lowest BCUT2D eigenvalue weighted by molar-refractivity contribution is -0.114. The molecule has 2 rings (SSSR count). The Morgan fingerprint density at radius 1 is 1.22 bits per heavy atom. The summed E-state index contributed by atoms with van der Waals surface area (Å²) in [4.78, 5) is 27.0. The summed E-state index contributed by atoms with van der Waals surface area (Å²) in [6.07, 6.45) is 3.40. The molecule has 23 heavy (non-hydrogen) atoms. The van der Waals surface area contributed by atoms with Gasteiger partial charge in [-0.25, -0.2) is 4.79 Å². The molecule has 0 saturated heterocycles. The number of pyridine rings is 1. The summed E-state index contributed by atoms with van der Waals surface area (Å²) in [6.45, 7) is 3.76. The van der Waals surface area contributed by atoms with Crippen LogP contribution in [0.5, 0.6) is 0 Å². The molecular formula is C17H20N4O2. The van der Waals surface area contributed by atoms with Crippen molar-refractivity contribution in [3.8, 4) is 0 Å². The Balaban J connectivity index is 1.89. The van der Waals surface area contributed by atoms with Gasteiger partial charge in [-0.3, -0.25) is 9.78 Å². The van der Waals surface area contributed by atoms with E-state index in [9.17, 15) is 9.59 Å². The molecule has 1 atom stereocenters. The van der Waals surface area contributed by atoms with E-state index in [1.807, 2.05) is 37.3 Å². The van der Waals surface area contributed by atoms with Crippen LogP contribution in [-0.2, 0) is 11.3 Å². The average Bonchev–Trinajstić information content (AvgIpc) is 2.53. The number of benzene rings is 1. The maximum absolute atomic E-state index is 12.0. The Morgan fingerprint density at radius 3 is 2.74 bits per heavy atom. The fourth-order valence-corrected chi connectivity index (χ4v) is 2.11. The van der Waals surface area contributed by atoms with E-state index < -0.39 is 0 Å². The van der Waals surface area contributed by atoms with Gasteiger partial charge in [-0.2, -0.15) is 0 Å². The van der Waals surface area contributed by atoms with Crippen LogP contribution in [0.1, 0.15) is 31.0 Å². The van der Waals surface area contributed by atoms with E-state index in [2.05, 4.69) is 20.9 Å². The first-order valence-electron chi connectivity index (χ1n) is 7.35. The van der Waals surface area contributed by atoms with Gasteiger partial charge in [0, 0.05) is 31.5 Å². The first kappa shape index (κ1) is 16.5. The SMILES string of the molecule is CC(=O)Nc1cccc(C(C)NC(=O)NCc2cccnc2)c1.